The number of benzene rings is 1. The maximum atomic E-state index is 10.3. The molecule has 0 saturated carbocycles. The maximum Gasteiger partial charge on any atom is 0.0916 e. The molecule has 0 unspecified atom stereocenters. The molecule has 5 nitrogen and oxygen atoms in total. The number of hydrogen-bond acceptors (Lipinski definition) is 4. The molecule has 0 radical (unpaired) electrons. The normalized spacial score (nSPS) is 21.3. The highest BCUT2D eigenvalue weighted by atomic mass is 16.5. The number of hydrogen-bond donors (Lipinski definition) is 1. The number of aliphatic hydroxyl groups is 1. The van der Waals surface area contributed by atoms with E-state index in [4.69, 9.17) is 4.74 Å². The molecule has 2 heterocycles. The fourth-order valence-corrected chi connectivity index (χ4v) is 2.70. The molecule has 1 N–H and O–H groups in total. The molecule has 0 spiro atoms. The molecule has 21 heavy (non-hydrogen) atoms. The van der Waals surface area contributed by atoms with Crippen LogP contribution < -0.4 is 0 Å². The van der Waals surface area contributed by atoms with Crippen molar-refractivity contribution in [3.8, 4) is 0 Å². The first-order chi connectivity index (χ1) is 10.3. The van der Waals surface area contributed by atoms with Gasteiger partial charge in [0, 0.05) is 32.0 Å². The lowest BCUT2D eigenvalue weighted by Crippen LogP contribution is -2.45. The van der Waals surface area contributed by atoms with E-state index >= 15 is 0 Å². The van der Waals surface area contributed by atoms with Crippen molar-refractivity contribution >= 4 is 0 Å². The Labute approximate surface area is 124 Å². The summed E-state index contributed by atoms with van der Waals surface area (Å²) in [5.74, 6) is 0. The van der Waals surface area contributed by atoms with Gasteiger partial charge in [-0.05, 0) is 11.6 Å². The Hall–Kier alpha value is -1.69. The molecule has 5 heteroatoms. The molecule has 2 atom stereocenters. The molecule has 1 aliphatic rings. The predicted octanol–water partition coefficient (Wildman–Crippen LogP) is 1.32. The lowest BCUT2D eigenvalue weighted by atomic mass is 10.1. The van der Waals surface area contributed by atoms with Crippen molar-refractivity contribution in [1.29, 1.82) is 0 Å². The number of nitrogens with zero attached hydrogens (tertiary/aromatic N) is 3. The molecule has 1 aromatic carbocycles. The second-order valence-electron chi connectivity index (χ2n) is 5.41. The molecule has 1 fully saturated rings. The third kappa shape index (κ3) is 3.91. The molecule has 0 aliphatic carbocycles. The molecule has 1 aromatic heterocycles. The number of morpholine rings is 1. The van der Waals surface area contributed by atoms with E-state index in [1.807, 2.05) is 47.3 Å². The molecule has 1 aliphatic heterocycles. The second kappa shape index (κ2) is 6.85. The molecule has 1 saturated heterocycles. The van der Waals surface area contributed by atoms with E-state index in [2.05, 4.69) is 10.00 Å². The lowest BCUT2D eigenvalue weighted by molar-refractivity contribution is -0.0486. The van der Waals surface area contributed by atoms with Gasteiger partial charge in [0.15, 0.2) is 0 Å². The van der Waals surface area contributed by atoms with Gasteiger partial charge in [-0.15, -0.1) is 0 Å². The SMILES string of the molecule is O[C@H](CN1CCO[C@H](Cn2cccn2)C1)c1ccccc1. The topological polar surface area (TPSA) is 50.5 Å². The Balaban J connectivity index is 1.54. The summed E-state index contributed by atoms with van der Waals surface area (Å²) in [5, 5.41) is 14.5. The highest BCUT2D eigenvalue weighted by molar-refractivity contribution is 5.17. The number of β-amino-alcohol motifs (C(OH)–C–C–N with tert-alkyl or cyclic N) is 1. The van der Waals surface area contributed by atoms with Gasteiger partial charge >= 0.3 is 0 Å². The minimum absolute atomic E-state index is 0.127. The zero-order chi connectivity index (χ0) is 14.5. The Morgan fingerprint density at radius 2 is 2.14 bits per heavy atom. The quantitative estimate of drug-likeness (QED) is 0.901. The first kappa shape index (κ1) is 14.3. The number of rotatable bonds is 5. The highest BCUT2D eigenvalue weighted by Crippen LogP contribution is 2.16. The summed E-state index contributed by atoms with van der Waals surface area (Å²) in [6, 6.07) is 11.7. The van der Waals surface area contributed by atoms with Crippen LogP contribution in [0.5, 0.6) is 0 Å². The highest BCUT2D eigenvalue weighted by Gasteiger charge is 2.23. The largest absolute Gasteiger partial charge is 0.387 e. The zero-order valence-electron chi connectivity index (χ0n) is 12.0. The van der Waals surface area contributed by atoms with Crippen LogP contribution in [0.15, 0.2) is 48.8 Å². The standard InChI is InChI=1S/C16H21N3O2/c20-16(14-5-2-1-3-6-14)13-18-9-10-21-15(11-18)12-19-8-4-7-17-19/h1-8,15-16,20H,9-13H2/t15-,16+/m0/s1. The summed E-state index contributed by atoms with van der Waals surface area (Å²) >= 11 is 0. The van der Waals surface area contributed by atoms with Gasteiger partial charge in [-0.3, -0.25) is 9.58 Å². The van der Waals surface area contributed by atoms with Gasteiger partial charge in [0.2, 0.25) is 0 Å². The minimum Gasteiger partial charge on any atom is -0.387 e. The molecule has 0 bridgehead atoms. The fourth-order valence-electron chi connectivity index (χ4n) is 2.70. The van der Waals surface area contributed by atoms with E-state index in [0.29, 0.717) is 13.2 Å². The van der Waals surface area contributed by atoms with E-state index in [1.165, 1.54) is 0 Å². The average molecular weight is 287 g/mol. The lowest BCUT2D eigenvalue weighted by Gasteiger charge is -2.34. The smallest absolute Gasteiger partial charge is 0.0916 e. The summed E-state index contributed by atoms with van der Waals surface area (Å²) in [5.41, 5.74) is 0.965. The van der Waals surface area contributed by atoms with Crippen LogP contribution in [0.2, 0.25) is 0 Å². The van der Waals surface area contributed by atoms with E-state index in [9.17, 15) is 5.11 Å². The third-order valence-electron chi connectivity index (χ3n) is 3.79. The molecule has 112 valence electrons. The summed E-state index contributed by atoms with van der Waals surface area (Å²) in [7, 11) is 0. The summed E-state index contributed by atoms with van der Waals surface area (Å²) in [6.07, 6.45) is 3.40. The van der Waals surface area contributed by atoms with Gasteiger partial charge < -0.3 is 9.84 Å². The van der Waals surface area contributed by atoms with Crippen molar-refractivity contribution < 1.29 is 9.84 Å². The number of ether oxygens (including phenoxy) is 1. The van der Waals surface area contributed by atoms with Crippen LogP contribution >= 0.6 is 0 Å². The van der Waals surface area contributed by atoms with Crippen LogP contribution in [-0.2, 0) is 11.3 Å². The summed E-state index contributed by atoms with van der Waals surface area (Å²) in [4.78, 5) is 2.26. The molecular weight excluding hydrogens is 266 g/mol. The maximum absolute atomic E-state index is 10.3. The van der Waals surface area contributed by atoms with Gasteiger partial charge in [-0.25, -0.2) is 0 Å². The van der Waals surface area contributed by atoms with Crippen molar-refractivity contribution in [2.24, 2.45) is 0 Å². The summed E-state index contributed by atoms with van der Waals surface area (Å²) < 4.78 is 7.68. The van der Waals surface area contributed by atoms with Crippen LogP contribution in [0, 0.1) is 0 Å². The first-order valence-electron chi connectivity index (χ1n) is 7.35. The molecule has 0 amide bonds. The number of aliphatic hydroxyl groups excluding tert-OH is 1. The molecule has 2 aromatic rings. The van der Waals surface area contributed by atoms with E-state index < -0.39 is 6.10 Å². The van der Waals surface area contributed by atoms with Crippen molar-refractivity contribution in [2.75, 3.05) is 26.2 Å². The third-order valence-corrected chi connectivity index (χ3v) is 3.79. The second-order valence-corrected chi connectivity index (χ2v) is 5.41. The first-order valence-corrected chi connectivity index (χ1v) is 7.35. The van der Waals surface area contributed by atoms with Crippen LogP contribution in [0.25, 0.3) is 0 Å². The van der Waals surface area contributed by atoms with Crippen molar-refractivity contribution in [2.45, 2.75) is 18.8 Å². The van der Waals surface area contributed by atoms with Crippen molar-refractivity contribution in [3.05, 3.63) is 54.4 Å². The Morgan fingerprint density at radius 3 is 2.90 bits per heavy atom. The van der Waals surface area contributed by atoms with E-state index in [0.717, 1.165) is 25.2 Å². The predicted molar refractivity (Wildman–Crippen MR) is 79.8 cm³/mol. The molecular formula is C16H21N3O2. The Bertz CT molecular complexity index is 530. The van der Waals surface area contributed by atoms with Crippen molar-refractivity contribution in [3.63, 3.8) is 0 Å². The number of aromatic nitrogens is 2. The van der Waals surface area contributed by atoms with E-state index in [-0.39, 0.29) is 6.10 Å². The van der Waals surface area contributed by atoms with Gasteiger partial charge in [0.05, 0.1) is 25.4 Å². The van der Waals surface area contributed by atoms with Gasteiger partial charge in [0.1, 0.15) is 0 Å². The van der Waals surface area contributed by atoms with Gasteiger partial charge in [0.25, 0.3) is 0 Å². The molecule has 3 rings (SSSR count). The van der Waals surface area contributed by atoms with E-state index in [1.54, 1.807) is 6.20 Å². The van der Waals surface area contributed by atoms with Crippen LogP contribution in [0.1, 0.15) is 11.7 Å². The monoisotopic (exact) mass is 287 g/mol. The minimum atomic E-state index is -0.449. The fraction of sp³-hybridized carbons (Fsp3) is 0.438. The van der Waals surface area contributed by atoms with Crippen molar-refractivity contribution in [1.82, 2.24) is 14.7 Å². The summed E-state index contributed by atoms with van der Waals surface area (Å²) in [6.45, 7) is 3.78. The van der Waals surface area contributed by atoms with Crippen LogP contribution in [-0.4, -0.2) is 52.1 Å². The zero-order valence-corrected chi connectivity index (χ0v) is 12.0. The van der Waals surface area contributed by atoms with Gasteiger partial charge in [-0.1, -0.05) is 30.3 Å². The Morgan fingerprint density at radius 1 is 1.29 bits per heavy atom. The van der Waals surface area contributed by atoms with Crippen LogP contribution in [0.3, 0.4) is 0 Å². The average Bonchev–Trinajstić information content (AvgIpc) is 3.01. The Kier molecular flexibility index (Phi) is 4.65. The van der Waals surface area contributed by atoms with Crippen LogP contribution in [0.4, 0.5) is 0 Å². The van der Waals surface area contributed by atoms with Gasteiger partial charge in [-0.2, -0.15) is 5.10 Å².